The van der Waals surface area contributed by atoms with E-state index in [2.05, 4.69) is 67.7 Å². The van der Waals surface area contributed by atoms with Gasteiger partial charge in [-0.05, 0) is 51.4 Å². The monoisotopic (exact) mass is 328 g/mol. The first kappa shape index (κ1) is 20.2. The van der Waals surface area contributed by atoms with Crippen LogP contribution in [0.15, 0.2) is 60.8 Å². The van der Waals surface area contributed by atoms with Crippen LogP contribution in [0.5, 0.6) is 0 Å². The molecule has 0 bridgehead atoms. The van der Waals surface area contributed by atoms with Gasteiger partial charge in [-0.2, -0.15) is 0 Å². The van der Waals surface area contributed by atoms with Gasteiger partial charge in [0.1, 0.15) is 6.10 Å². The van der Waals surface area contributed by atoms with Gasteiger partial charge in [0.25, 0.3) is 0 Å². The summed E-state index contributed by atoms with van der Waals surface area (Å²) >= 11 is 0. The fourth-order valence-corrected chi connectivity index (χ4v) is 2.44. The average molecular weight is 328 g/mol. The van der Waals surface area contributed by atoms with Gasteiger partial charge in [0.2, 0.25) is 0 Å². The van der Waals surface area contributed by atoms with Crippen LogP contribution >= 0.6 is 0 Å². The van der Waals surface area contributed by atoms with E-state index in [0.29, 0.717) is 6.42 Å². The van der Waals surface area contributed by atoms with Crippen LogP contribution in [0.2, 0.25) is 0 Å². The topological polar surface area (TPSA) is 26.3 Å². The third-order valence-corrected chi connectivity index (χ3v) is 3.78. The van der Waals surface area contributed by atoms with Crippen molar-refractivity contribution in [1.29, 1.82) is 0 Å². The average Bonchev–Trinajstić information content (AvgIpc) is 3.00. The molecule has 1 heterocycles. The van der Waals surface area contributed by atoms with Crippen LogP contribution in [0.4, 0.5) is 0 Å². The van der Waals surface area contributed by atoms with Crippen molar-refractivity contribution < 1.29 is 9.53 Å². The first-order valence-corrected chi connectivity index (χ1v) is 9.27. The van der Waals surface area contributed by atoms with Crippen LogP contribution in [0.3, 0.4) is 0 Å². The van der Waals surface area contributed by atoms with Crippen LogP contribution in [0, 0.1) is 0 Å². The summed E-state index contributed by atoms with van der Waals surface area (Å²) in [4.78, 5) is 11.0. The second-order valence-electron chi connectivity index (χ2n) is 5.94. The zero-order valence-corrected chi connectivity index (χ0v) is 15.0. The van der Waals surface area contributed by atoms with Gasteiger partial charge in [0.15, 0.2) is 0 Å². The highest BCUT2D eigenvalue weighted by Crippen LogP contribution is 2.18. The Bertz CT molecular complexity index is 466. The SMILES string of the molecule is CCC=CCC=CCC=CCC=CCC=CCCC1CCC(=O)O1. The quantitative estimate of drug-likeness (QED) is 0.314. The highest BCUT2D eigenvalue weighted by atomic mass is 16.5. The van der Waals surface area contributed by atoms with Gasteiger partial charge in [-0.1, -0.05) is 67.7 Å². The lowest BCUT2D eigenvalue weighted by atomic mass is 10.1. The van der Waals surface area contributed by atoms with Gasteiger partial charge < -0.3 is 4.74 Å². The Morgan fingerprint density at radius 3 is 1.79 bits per heavy atom. The minimum absolute atomic E-state index is 0.0382. The molecule has 0 spiro atoms. The number of hydrogen-bond donors (Lipinski definition) is 0. The van der Waals surface area contributed by atoms with Crippen molar-refractivity contribution in [3.63, 3.8) is 0 Å². The Morgan fingerprint density at radius 2 is 1.33 bits per heavy atom. The smallest absolute Gasteiger partial charge is 0.306 e. The minimum atomic E-state index is -0.0382. The molecule has 0 radical (unpaired) electrons. The molecule has 0 amide bonds. The van der Waals surface area contributed by atoms with Crippen molar-refractivity contribution in [2.45, 2.75) is 70.8 Å². The second-order valence-corrected chi connectivity index (χ2v) is 5.94. The van der Waals surface area contributed by atoms with Gasteiger partial charge in [0.05, 0.1) is 0 Å². The summed E-state index contributed by atoms with van der Waals surface area (Å²) in [7, 11) is 0. The fourth-order valence-electron chi connectivity index (χ4n) is 2.44. The zero-order valence-electron chi connectivity index (χ0n) is 15.0. The number of hydrogen-bond acceptors (Lipinski definition) is 2. The number of cyclic esters (lactones) is 1. The van der Waals surface area contributed by atoms with Crippen LogP contribution < -0.4 is 0 Å². The standard InChI is InChI=1S/C22H32O2/c1-2-3-4-5-6-7-8-9-10-11-12-13-14-15-16-17-18-21-19-20-22(23)24-21/h3-4,6-7,9-10,12-13,15-16,21H,2,5,8,11,14,17-20H2,1H3. The Balaban J connectivity index is 1.93. The summed E-state index contributed by atoms with van der Waals surface area (Å²) < 4.78 is 5.18. The normalized spacial score (nSPS) is 19.0. The fraction of sp³-hybridized carbons (Fsp3) is 0.500. The van der Waals surface area contributed by atoms with E-state index < -0.39 is 0 Å². The van der Waals surface area contributed by atoms with Crippen molar-refractivity contribution in [2.24, 2.45) is 0 Å². The molecule has 0 saturated carbocycles. The molecule has 0 aliphatic carbocycles. The molecule has 1 atom stereocenters. The molecular weight excluding hydrogens is 296 g/mol. The van der Waals surface area contributed by atoms with Crippen molar-refractivity contribution in [3.05, 3.63) is 60.8 Å². The van der Waals surface area contributed by atoms with Crippen molar-refractivity contribution in [2.75, 3.05) is 0 Å². The first-order valence-electron chi connectivity index (χ1n) is 9.27. The van der Waals surface area contributed by atoms with E-state index in [1.807, 2.05) is 0 Å². The van der Waals surface area contributed by atoms with Crippen molar-refractivity contribution in [1.82, 2.24) is 0 Å². The maximum Gasteiger partial charge on any atom is 0.306 e. The summed E-state index contributed by atoms with van der Waals surface area (Å²) in [5.41, 5.74) is 0. The summed E-state index contributed by atoms with van der Waals surface area (Å²) in [6.45, 7) is 2.15. The van der Waals surface area contributed by atoms with E-state index >= 15 is 0 Å². The van der Waals surface area contributed by atoms with Crippen LogP contribution in [0.25, 0.3) is 0 Å². The summed E-state index contributed by atoms with van der Waals surface area (Å²) in [5.74, 6) is -0.0382. The predicted molar refractivity (Wildman–Crippen MR) is 103 cm³/mol. The maximum absolute atomic E-state index is 11.0. The van der Waals surface area contributed by atoms with E-state index in [1.54, 1.807) is 0 Å². The Kier molecular flexibility index (Phi) is 12.4. The molecule has 0 N–H and O–H groups in total. The Morgan fingerprint density at radius 1 is 0.833 bits per heavy atom. The van der Waals surface area contributed by atoms with Crippen molar-refractivity contribution in [3.8, 4) is 0 Å². The number of ether oxygens (including phenoxy) is 1. The van der Waals surface area contributed by atoms with Gasteiger partial charge in [-0.3, -0.25) is 4.79 Å². The van der Waals surface area contributed by atoms with E-state index in [1.165, 1.54) is 0 Å². The third-order valence-electron chi connectivity index (χ3n) is 3.78. The molecule has 0 aromatic heterocycles. The summed E-state index contributed by atoms with van der Waals surface area (Å²) in [6.07, 6.45) is 30.7. The number of allylic oxidation sites excluding steroid dienone is 10. The van der Waals surface area contributed by atoms with Gasteiger partial charge in [-0.25, -0.2) is 0 Å². The predicted octanol–water partition coefficient (Wildman–Crippen LogP) is 6.22. The first-order chi connectivity index (χ1) is 11.8. The molecule has 132 valence electrons. The molecule has 2 heteroatoms. The summed E-state index contributed by atoms with van der Waals surface area (Å²) in [6, 6.07) is 0. The summed E-state index contributed by atoms with van der Waals surface area (Å²) in [5, 5.41) is 0. The molecule has 1 saturated heterocycles. The number of rotatable bonds is 12. The highest BCUT2D eigenvalue weighted by Gasteiger charge is 2.21. The van der Waals surface area contributed by atoms with Crippen LogP contribution in [-0.2, 0) is 9.53 Å². The zero-order chi connectivity index (χ0) is 17.3. The lowest BCUT2D eigenvalue weighted by Crippen LogP contribution is -2.05. The maximum atomic E-state index is 11.0. The number of carbonyl (C=O) groups excluding carboxylic acids is 1. The molecule has 1 unspecified atom stereocenters. The van der Waals surface area contributed by atoms with E-state index in [-0.39, 0.29) is 12.1 Å². The molecule has 0 aromatic rings. The molecular formula is C22H32O2. The van der Waals surface area contributed by atoms with Crippen molar-refractivity contribution >= 4 is 5.97 Å². The lowest BCUT2D eigenvalue weighted by molar-refractivity contribution is -0.141. The molecule has 2 nitrogen and oxygen atoms in total. The molecule has 24 heavy (non-hydrogen) atoms. The van der Waals surface area contributed by atoms with Crippen LogP contribution in [-0.4, -0.2) is 12.1 Å². The molecule has 1 rings (SSSR count). The number of carbonyl (C=O) groups is 1. The molecule has 1 aliphatic rings. The van der Waals surface area contributed by atoms with E-state index in [0.717, 1.165) is 51.4 Å². The van der Waals surface area contributed by atoms with Gasteiger partial charge >= 0.3 is 5.97 Å². The Hall–Kier alpha value is -1.83. The van der Waals surface area contributed by atoms with Crippen LogP contribution in [0.1, 0.15) is 64.7 Å². The van der Waals surface area contributed by atoms with E-state index in [9.17, 15) is 4.79 Å². The highest BCUT2D eigenvalue weighted by molar-refractivity contribution is 5.71. The Labute approximate surface area is 147 Å². The molecule has 1 aliphatic heterocycles. The molecule has 0 aromatic carbocycles. The lowest BCUT2D eigenvalue weighted by Gasteiger charge is -2.05. The van der Waals surface area contributed by atoms with Gasteiger partial charge in [-0.15, -0.1) is 0 Å². The molecule has 1 fully saturated rings. The second kappa shape index (κ2) is 14.7. The third kappa shape index (κ3) is 11.7. The minimum Gasteiger partial charge on any atom is -0.462 e. The number of esters is 1. The largest absolute Gasteiger partial charge is 0.462 e. The van der Waals surface area contributed by atoms with Gasteiger partial charge in [0, 0.05) is 6.42 Å². The van der Waals surface area contributed by atoms with E-state index in [4.69, 9.17) is 4.74 Å².